The van der Waals surface area contributed by atoms with E-state index in [-0.39, 0.29) is 30.1 Å². The Kier molecular flexibility index (Phi) is 5.04. The number of nitrogens with zero attached hydrogens (tertiary/aromatic N) is 2. The van der Waals surface area contributed by atoms with Gasteiger partial charge in [0.1, 0.15) is 5.70 Å². The van der Waals surface area contributed by atoms with E-state index in [2.05, 4.69) is 4.90 Å². The molecule has 1 aliphatic carbocycles. The molecule has 3 aliphatic rings. The van der Waals surface area contributed by atoms with Gasteiger partial charge in [-0.25, -0.2) is 0 Å². The Morgan fingerprint density at radius 1 is 0.889 bits per heavy atom. The molecule has 0 aromatic heterocycles. The van der Waals surface area contributed by atoms with Crippen LogP contribution in [0.3, 0.4) is 0 Å². The van der Waals surface area contributed by atoms with Crippen LogP contribution in [0.1, 0.15) is 51.5 Å². The summed E-state index contributed by atoms with van der Waals surface area (Å²) in [5.74, 6) is -0.244. The summed E-state index contributed by atoms with van der Waals surface area (Å²) in [4.78, 5) is 30.5. The fourth-order valence-corrected chi connectivity index (χ4v) is 4.72. The molecular weight excluding hydrogens is 340 g/mol. The third-order valence-corrected chi connectivity index (χ3v) is 5.83. The molecule has 2 unspecified atom stereocenters. The first-order valence-corrected chi connectivity index (χ1v) is 10.1. The van der Waals surface area contributed by atoms with Crippen molar-refractivity contribution in [3.8, 4) is 0 Å². The van der Waals surface area contributed by atoms with Gasteiger partial charge in [0.15, 0.2) is 0 Å². The number of amides is 2. The zero-order chi connectivity index (χ0) is 19.0. The summed E-state index contributed by atoms with van der Waals surface area (Å²) >= 11 is 0. The third-order valence-electron chi connectivity index (χ3n) is 5.83. The van der Waals surface area contributed by atoms with Gasteiger partial charge in [-0.05, 0) is 32.3 Å². The number of imide groups is 1. The minimum absolute atomic E-state index is 0.0323. The lowest BCUT2D eigenvalue weighted by molar-refractivity contribution is -0.141. The molecule has 2 aliphatic heterocycles. The number of carbonyl (C=O) groups is 2. The van der Waals surface area contributed by atoms with E-state index in [0.29, 0.717) is 24.4 Å². The van der Waals surface area contributed by atoms with Crippen LogP contribution >= 0.6 is 0 Å². The molecule has 1 aromatic rings. The summed E-state index contributed by atoms with van der Waals surface area (Å²) in [6.07, 6.45) is 5.27. The van der Waals surface area contributed by atoms with Gasteiger partial charge in [-0.15, -0.1) is 0 Å². The highest BCUT2D eigenvalue weighted by Crippen LogP contribution is 2.36. The number of ether oxygens (including phenoxy) is 1. The smallest absolute Gasteiger partial charge is 0.278 e. The van der Waals surface area contributed by atoms with Crippen LogP contribution in [0.25, 0.3) is 5.57 Å². The lowest BCUT2D eigenvalue weighted by Gasteiger charge is -2.37. The van der Waals surface area contributed by atoms with Crippen LogP contribution in [0.15, 0.2) is 36.0 Å². The normalized spacial score (nSPS) is 27.6. The first-order valence-electron chi connectivity index (χ1n) is 10.1. The lowest BCUT2D eigenvalue weighted by atomic mass is 9.94. The number of hydrogen-bond donors (Lipinski definition) is 0. The molecule has 1 saturated carbocycles. The van der Waals surface area contributed by atoms with Crippen molar-refractivity contribution in [2.45, 2.75) is 64.2 Å². The van der Waals surface area contributed by atoms with Gasteiger partial charge < -0.3 is 9.64 Å². The Bertz CT molecular complexity index is 742. The predicted molar refractivity (Wildman–Crippen MR) is 104 cm³/mol. The molecule has 0 bridgehead atoms. The largest absolute Gasteiger partial charge is 0.372 e. The molecule has 5 nitrogen and oxygen atoms in total. The van der Waals surface area contributed by atoms with Crippen LogP contribution in [0.5, 0.6) is 0 Å². The van der Waals surface area contributed by atoms with Gasteiger partial charge in [0.2, 0.25) is 0 Å². The number of carbonyl (C=O) groups excluding carboxylic acids is 2. The molecule has 2 heterocycles. The van der Waals surface area contributed by atoms with Crippen molar-refractivity contribution >= 4 is 17.4 Å². The maximum Gasteiger partial charge on any atom is 0.278 e. The van der Waals surface area contributed by atoms with Gasteiger partial charge >= 0.3 is 0 Å². The summed E-state index contributed by atoms with van der Waals surface area (Å²) < 4.78 is 5.85. The monoisotopic (exact) mass is 368 g/mol. The molecule has 5 heteroatoms. The zero-order valence-electron chi connectivity index (χ0n) is 16.2. The standard InChI is InChI=1S/C22H28N2O3/c1-15-13-23(14-16(2)27-15)20-19(17-9-5-3-6-10-17)21(25)24(22(20)26)18-11-7-4-8-12-18/h3,5-6,9-10,15-16,18H,4,7-8,11-14H2,1-2H3. The Balaban J connectivity index is 1.75. The van der Waals surface area contributed by atoms with E-state index in [0.717, 1.165) is 31.2 Å². The first-order chi connectivity index (χ1) is 13.1. The van der Waals surface area contributed by atoms with Gasteiger partial charge in [0.05, 0.1) is 17.8 Å². The van der Waals surface area contributed by atoms with Crippen LogP contribution in [0.4, 0.5) is 0 Å². The fourth-order valence-electron chi connectivity index (χ4n) is 4.72. The predicted octanol–water partition coefficient (Wildman–Crippen LogP) is 3.21. The number of hydrogen-bond acceptors (Lipinski definition) is 4. The van der Waals surface area contributed by atoms with Gasteiger partial charge in [-0.1, -0.05) is 49.6 Å². The van der Waals surface area contributed by atoms with Crippen LogP contribution in [0.2, 0.25) is 0 Å². The Morgan fingerprint density at radius 3 is 2.15 bits per heavy atom. The summed E-state index contributed by atoms with van der Waals surface area (Å²) in [5, 5.41) is 0. The van der Waals surface area contributed by atoms with Crippen LogP contribution in [-0.2, 0) is 14.3 Å². The summed E-state index contributed by atoms with van der Waals surface area (Å²) in [7, 11) is 0. The van der Waals surface area contributed by atoms with Crippen molar-refractivity contribution in [1.29, 1.82) is 0 Å². The molecule has 2 amide bonds. The molecule has 1 aromatic carbocycles. The van der Waals surface area contributed by atoms with E-state index in [1.165, 1.54) is 6.42 Å². The molecular formula is C22H28N2O3. The summed E-state index contributed by atoms with van der Waals surface area (Å²) in [6, 6.07) is 9.67. The topological polar surface area (TPSA) is 49.9 Å². The van der Waals surface area contributed by atoms with Crippen molar-refractivity contribution in [3.05, 3.63) is 41.6 Å². The van der Waals surface area contributed by atoms with Crippen molar-refractivity contribution in [3.63, 3.8) is 0 Å². The SMILES string of the molecule is CC1CN(C2=C(c3ccccc3)C(=O)N(C3CCCCC3)C2=O)CC(C)O1. The first kappa shape index (κ1) is 18.2. The maximum absolute atomic E-state index is 13.5. The van der Waals surface area contributed by atoms with Gasteiger partial charge in [0, 0.05) is 19.1 Å². The van der Waals surface area contributed by atoms with E-state index in [9.17, 15) is 9.59 Å². The minimum atomic E-state index is -0.125. The van der Waals surface area contributed by atoms with E-state index in [1.807, 2.05) is 44.2 Å². The van der Waals surface area contributed by atoms with E-state index in [4.69, 9.17) is 4.74 Å². The summed E-state index contributed by atoms with van der Waals surface area (Å²) in [6.45, 7) is 5.30. The number of benzene rings is 1. The second kappa shape index (κ2) is 7.47. The summed E-state index contributed by atoms with van der Waals surface area (Å²) in [5.41, 5.74) is 1.96. The highest BCUT2D eigenvalue weighted by molar-refractivity contribution is 6.35. The van der Waals surface area contributed by atoms with Crippen molar-refractivity contribution in [2.75, 3.05) is 13.1 Å². The van der Waals surface area contributed by atoms with Crippen LogP contribution in [-0.4, -0.2) is 53.0 Å². The van der Waals surface area contributed by atoms with Gasteiger partial charge in [-0.3, -0.25) is 14.5 Å². The minimum Gasteiger partial charge on any atom is -0.372 e. The average molecular weight is 368 g/mol. The third kappa shape index (κ3) is 3.41. The fraction of sp³-hybridized carbons (Fsp3) is 0.545. The Hall–Kier alpha value is -2.14. The lowest BCUT2D eigenvalue weighted by Crippen LogP contribution is -2.48. The number of morpholine rings is 1. The van der Waals surface area contributed by atoms with Crippen molar-refractivity contribution in [1.82, 2.24) is 9.80 Å². The van der Waals surface area contributed by atoms with Gasteiger partial charge in [-0.2, -0.15) is 0 Å². The van der Waals surface area contributed by atoms with E-state index < -0.39 is 0 Å². The second-order valence-electron chi connectivity index (χ2n) is 8.02. The molecule has 0 radical (unpaired) electrons. The number of rotatable bonds is 3. The van der Waals surface area contributed by atoms with Gasteiger partial charge in [0.25, 0.3) is 11.8 Å². The van der Waals surface area contributed by atoms with Crippen LogP contribution < -0.4 is 0 Å². The van der Waals surface area contributed by atoms with Crippen LogP contribution in [0, 0.1) is 0 Å². The quantitative estimate of drug-likeness (QED) is 0.769. The second-order valence-corrected chi connectivity index (χ2v) is 8.02. The zero-order valence-corrected chi connectivity index (χ0v) is 16.2. The highest BCUT2D eigenvalue weighted by Gasteiger charge is 2.45. The molecule has 2 fully saturated rings. The molecule has 4 rings (SSSR count). The molecule has 1 saturated heterocycles. The molecule has 27 heavy (non-hydrogen) atoms. The molecule has 144 valence electrons. The van der Waals surface area contributed by atoms with Crippen molar-refractivity contribution < 1.29 is 14.3 Å². The van der Waals surface area contributed by atoms with E-state index in [1.54, 1.807) is 4.90 Å². The maximum atomic E-state index is 13.5. The highest BCUT2D eigenvalue weighted by atomic mass is 16.5. The van der Waals surface area contributed by atoms with Crippen molar-refractivity contribution in [2.24, 2.45) is 0 Å². The van der Waals surface area contributed by atoms with E-state index >= 15 is 0 Å². The molecule has 0 spiro atoms. The average Bonchev–Trinajstić information content (AvgIpc) is 2.93. The molecule has 2 atom stereocenters. The molecule has 0 N–H and O–H groups in total. The Labute approximate surface area is 161 Å². The Morgan fingerprint density at radius 2 is 1.52 bits per heavy atom.